The molecule has 0 saturated carbocycles. The predicted octanol–water partition coefficient (Wildman–Crippen LogP) is 3.73. The van der Waals surface area contributed by atoms with E-state index in [0.29, 0.717) is 20.8 Å². The fraction of sp³-hybridized carbons (Fsp3) is 0. The van der Waals surface area contributed by atoms with Crippen molar-refractivity contribution < 1.29 is 4.79 Å². The van der Waals surface area contributed by atoms with Gasteiger partial charge in [0.05, 0.1) is 5.02 Å². The monoisotopic (exact) mass is 295 g/mol. The standard InChI is InChI=1S/C12H7BrClNO/c13-11-8(4-3-5-9(11)14)12(16)10-6-1-2-7-15-10/h1-7H. The lowest BCUT2D eigenvalue weighted by Gasteiger charge is -2.04. The first-order valence-corrected chi connectivity index (χ1v) is 5.77. The number of nitrogens with zero attached hydrogens (tertiary/aromatic N) is 1. The second kappa shape index (κ2) is 4.76. The van der Waals surface area contributed by atoms with Gasteiger partial charge in [-0.15, -0.1) is 0 Å². The van der Waals surface area contributed by atoms with Crippen LogP contribution in [0.25, 0.3) is 0 Å². The Morgan fingerprint density at radius 2 is 2.00 bits per heavy atom. The molecule has 16 heavy (non-hydrogen) atoms. The molecule has 0 aliphatic heterocycles. The fourth-order valence-corrected chi connectivity index (χ4v) is 1.93. The molecule has 1 aromatic heterocycles. The zero-order valence-corrected chi connectivity index (χ0v) is 10.5. The van der Waals surface area contributed by atoms with E-state index >= 15 is 0 Å². The SMILES string of the molecule is O=C(c1ccccn1)c1cccc(Cl)c1Br. The summed E-state index contributed by atoms with van der Waals surface area (Å²) in [7, 11) is 0. The van der Waals surface area contributed by atoms with Gasteiger partial charge in [-0.2, -0.15) is 0 Å². The fourth-order valence-electron chi connectivity index (χ4n) is 1.31. The summed E-state index contributed by atoms with van der Waals surface area (Å²) >= 11 is 9.22. The number of ketones is 1. The first-order chi connectivity index (χ1) is 7.70. The Bertz CT molecular complexity index is 528. The molecule has 0 amide bonds. The van der Waals surface area contributed by atoms with Gasteiger partial charge in [0.2, 0.25) is 5.78 Å². The molecule has 80 valence electrons. The summed E-state index contributed by atoms with van der Waals surface area (Å²) in [4.78, 5) is 16.1. The second-order valence-corrected chi connectivity index (χ2v) is 4.35. The van der Waals surface area contributed by atoms with Crippen LogP contribution in [0.1, 0.15) is 16.1 Å². The largest absolute Gasteiger partial charge is 0.287 e. The van der Waals surface area contributed by atoms with Gasteiger partial charge in [0.15, 0.2) is 0 Å². The van der Waals surface area contributed by atoms with E-state index in [4.69, 9.17) is 11.6 Å². The number of hydrogen-bond donors (Lipinski definition) is 0. The summed E-state index contributed by atoms with van der Waals surface area (Å²) in [5.41, 5.74) is 0.927. The molecule has 2 nitrogen and oxygen atoms in total. The van der Waals surface area contributed by atoms with Crippen LogP contribution in [0.15, 0.2) is 47.1 Å². The summed E-state index contributed by atoms with van der Waals surface area (Å²) in [5.74, 6) is -0.144. The van der Waals surface area contributed by atoms with E-state index in [1.54, 1.807) is 42.6 Å². The molecule has 0 aliphatic rings. The molecular formula is C12H7BrClNO. The van der Waals surface area contributed by atoms with E-state index in [1.165, 1.54) is 0 Å². The number of carbonyl (C=O) groups excluding carboxylic acids is 1. The van der Waals surface area contributed by atoms with Gasteiger partial charge in [-0.3, -0.25) is 9.78 Å². The molecule has 0 radical (unpaired) electrons. The Balaban J connectivity index is 2.46. The number of hydrogen-bond acceptors (Lipinski definition) is 2. The van der Waals surface area contributed by atoms with Crippen molar-refractivity contribution >= 4 is 33.3 Å². The Kier molecular flexibility index (Phi) is 3.36. The molecule has 0 N–H and O–H groups in total. The maximum atomic E-state index is 12.1. The van der Waals surface area contributed by atoms with E-state index in [9.17, 15) is 4.79 Å². The molecule has 1 heterocycles. The molecule has 0 fully saturated rings. The highest BCUT2D eigenvalue weighted by Crippen LogP contribution is 2.27. The van der Waals surface area contributed by atoms with Gasteiger partial charge in [0, 0.05) is 16.2 Å². The van der Waals surface area contributed by atoms with Gasteiger partial charge < -0.3 is 0 Å². The van der Waals surface area contributed by atoms with E-state index in [0.717, 1.165) is 0 Å². The molecule has 2 rings (SSSR count). The van der Waals surface area contributed by atoms with Crippen LogP contribution >= 0.6 is 27.5 Å². The molecular weight excluding hydrogens is 289 g/mol. The third-order valence-electron chi connectivity index (χ3n) is 2.09. The van der Waals surface area contributed by atoms with Crippen molar-refractivity contribution in [1.29, 1.82) is 0 Å². The van der Waals surface area contributed by atoms with Crippen molar-refractivity contribution in [2.45, 2.75) is 0 Å². The van der Waals surface area contributed by atoms with E-state index in [1.807, 2.05) is 0 Å². The number of benzene rings is 1. The summed E-state index contributed by atoms with van der Waals surface area (Å²) in [6, 6.07) is 10.4. The molecule has 1 aromatic carbocycles. The topological polar surface area (TPSA) is 30.0 Å². The zero-order valence-electron chi connectivity index (χ0n) is 8.15. The van der Waals surface area contributed by atoms with Gasteiger partial charge >= 0.3 is 0 Å². The lowest BCUT2D eigenvalue weighted by Crippen LogP contribution is -2.04. The van der Waals surface area contributed by atoms with Crippen LogP contribution in [0.5, 0.6) is 0 Å². The molecule has 0 aliphatic carbocycles. The Labute approximate surface area is 106 Å². The van der Waals surface area contributed by atoms with Crippen LogP contribution in [-0.2, 0) is 0 Å². The number of aromatic nitrogens is 1. The molecule has 0 atom stereocenters. The Hall–Kier alpha value is -1.19. The molecule has 0 spiro atoms. The molecule has 0 saturated heterocycles. The van der Waals surface area contributed by atoms with Gasteiger partial charge in [0.25, 0.3) is 0 Å². The first kappa shape index (κ1) is 11.3. The number of rotatable bonds is 2. The van der Waals surface area contributed by atoms with Gasteiger partial charge in [-0.25, -0.2) is 0 Å². The lowest BCUT2D eigenvalue weighted by molar-refractivity contribution is 0.103. The van der Waals surface area contributed by atoms with Crippen molar-refractivity contribution in [3.63, 3.8) is 0 Å². The highest BCUT2D eigenvalue weighted by atomic mass is 79.9. The number of halogens is 2. The summed E-state index contributed by atoms with van der Waals surface area (Å²) < 4.78 is 0.604. The molecule has 0 unspecified atom stereocenters. The zero-order chi connectivity index (χ0) is 11.5. The normalized spacial score (nSPS) is 10.1. The van der Waals surface area contributed by atoms with E-state index in [2.05, 4.69) is 20.9 Å². The minimum atomic E-state index is -0.144. The third kappa shape index (κ3) is 2.15. The van der Waals surface area contributed by atoms with Crippen molar-refractivity contribution in [2.75, 3.05) is 0 Å². The maximum absolute atomic E-state index is 12.1. The average Bonchev–Trinajstić information content (AvgIpc) is 2.33. The quantitative estimate of drug-likeness (QED) is 0.790. The number of pyridine rings is 1. The van der Waals surface area contributed by atoms with Crippen LogP contribution in [0.4, 0.5) is 0 Å². The minimum absolute atomic E-state index is 0.144. The van der Waals surface area contributed by atoms with Gasteiger partial charge in [-0.1, -0.05) is 23.7 Å². The molecule has 0 bridgehead atoms. The smallest absolute Gasteiger partial charge is 0.212 e. The summed E-state index contributed by atoms with van der Waals surface area (Å²) in [6.45, 7) is 0. The van der Waals surface area contributed by atoms with E-state index < -0.39 is 0 Å². The minimum Gasteiger partial charge on any atom is -0.287 e. The second-order valence-electron chi connectivity index (χ2n) is 3.15. The van der Waals surface area contributed by atoms with Crippen molar-refractivity contribution in [3.05, 3.63) is 63.3 Å². The Morgan fingerprint density at radius 3 is 2.69 bits per heavy atom. The number of carbonyl (C=O) groups is 1. The molecule has 4 heteroatoms. The lowest BCUT2D eigenvalue weighted by atomic mass is 10.1. The van der Waals surface area contributed by atoms with Gasteiger partial charge in [0.1, 0.15) is 5.69 Å². The van der Waals surface area contributed by atoms with E-state index in [-0.39, 0.29) is 5.78 Å². The summed E-state index contributed by atoms with van der Waals surface area (Å²) in [6.07, 6.45) is 1.59. The van der Waals surface area contributed by atoms with Crippen molar-refractivity contribution in [2.24, 2.45) is 0 Å². The maximum Gasteiger partial charge on any atom is 0.212 e. The predicted molar refractivity (Wildman–Crippen MR) is 66.8 cm³/mol. The third-order valence-corrected chi connectivity index (χ3v) is 3.49. The average molecular weight is 297 g/mol. The van der Waals surface area contributed by atoms with Crippen LogP contribution in [-0.4, -0.2) is 10.8 Å². The van der Waals surface area contributed by atoms with Crippen LogP contribution < -0.4 is 0 Å². The van der Waals surface area contributed by atoms with Crippen LogP contribution in [0, 0.1) is 0 Å². The van der Waals surface area contributed by atoms with Crippen LogP contribution in [0.2, 0.25) is 5.02 Å². The van der Waals surface area contributed by atoms with Crippen LogP contribution in [0.3, 0.4) is 0 Å². The van der Waals surface area contributed by atoms with Crippen molar-refractivity contribution in [3.8, 4) is 0 Å². The Morgan fingerprint density at radius 1 is 1.19 bits per heavy atom. The summed E-state index contributed by atoms with van der Waals surface area (Å²) in [5, 5.41) is 0.516. The molecule has 2 aromatic rings. The highest BCUT2D eigenvalue weighted by Gasteiger charge is 2.14. The van der Waals surface area contributed by atoms with Gasteiger partial charge in [-0.05, 0) is 40.2 Å². The highest BCUT2D eigenvalue weighted by molar-refractivity contribution is 9.10. The first-order valence-electron chi connectivity index (χ1n) is 4.60. The van der Waals surface area contributed by atoms with Crippen molar-refractivity contribution in [1.82, 2.24) is 4.98 Å².